The van der Waals surface area contributed by atoms with Crippen molar-refractivity contribution in [1.29, 1.82) is 0 Å². The average Bonchev–Trinajstić information content (AvgIpc) is 2.28. The minimum atomic E-state index is -3.95. The number of aromatic carboxylic acids is 1. The molecule has 0 fully saturated rings. The second kappa shape index (κ2) is 5.00. The number of benzene rings is 1. The maximum Gasteiger partial charge on any atom is 0.335 e. The van der Waals surface area contributed by atoms with E-state index in [1.165, 1.54) is 24.3 Å². The SMILES string of the molecule is CC(C)(C(=O)O)S(=O)(=O)Cc1cccc(C(=O)O)c1. The molecule has 0 aliphatic heterocycles. The van der Waals surface area contributed by atoms with E-state index >= 15 is 0 Å². The number of carbonyl (C=O) groups is 2. The second-order valence-corrected chi connectivity index (χ2v) is 7.12. The minimum Gasteiger partial charge on any atom is -0.480 e. The van der Waals surface area contributed by atoms with Crippen LogP contribution in [0.5, 0.6) is 0 Å². The van der Waals surface area contributed by atoms with Gasteiger partial charge in [0.15, 0.2) is 14.6 Å². The van der Waals surface area contributed by atoms with Crippen LogP contribution in [0.2, 0.25) is 0 Å². The largest absolute Gasteiger partial charge is 0.480 e. The van der Waals surface area contributed by atoms with Crippen LogP contribution >= 0.6 is 0 Å². The van der Waals surface area contributed by atoms with E-state index in [0.717, 1.165) is 13.8 Å². The first-order chi connectivity index (χ1) is 8.58. The molecule has 0 spiro atoms. The van der Waals surface area contributed by atoms with Crippen LogP contribution in [0.4, 0.5) is 0 Å². The van der Waals surface area contributed by atoms with Gasteiger partial charge in [0.2, 0.25) is 0 Å². The zero-order chi connectivity index (χ0) is 14.8. The Kier molecular flexibility index (Phi) is 4.00. The van der Waals surface area contributed by atoms with E-state index in [2.05, 4.69) is 0 Å². The normalized spacial score (nSPS) is 12.1. The Morgan fingerprint density at radius 1 is 1.21 bits per heavy atom. The molecule has 0 atom stereocenters. The zero-order valence-electron chi connectivity index (χ0n) is 10.5. The van der Waals surface area contributed by atoms with Crippen molar-refractivity contribution in [1.82, 2.24) is 0 Å². The number of carboxylic acids is 2. The lowest BCUT2D eigenvalue weighted by Gasteiger charge is -2.19. The first kappa shape index (κ1) is 15.2. The van der Waals surface area contributed by atoms with Crippen molar-refractivity contribution < 1.29 is 28.2 Å². The van der Waals surface area contributed by atoms with Crippen LogP contribution < -0.4 is 0 Å². The molecule has 0 heterocycles. The molecule has 0 aromatic heterocycles. The Morgan fingerprint density at radius 3 is 2.26 bits per heavy atom. The first-order valence-electron chi connectivity index (χ1n) is 5.36. The molecule has 7 heteroatoms. The van der Waals surface area contributed by atoms with E-state index in [-0.39, 0.29) is 11.1 Å². The summed E-state index contributed by atoms with van der Waals surface area (Å²) in [7, 11) is -3.95. The Balaban J connectivity index is 3.13. The molecular weight excluding hydrogens is 272 g/mol. The highest BCUT2D eigenvalue weighted by atomic mass is 32.2. The van der Waals surface area contributed by atoms with E-state index in [9.17, 15) is 18.0 Å². The summed E-state index contributed by atoms with van der Waals surface area (Å²) in [6.07, 6.45) is 0. The van der Waals surface area contributed by atoms with E-state index in [1.807, 2.05) is 0 Å². The van der Waals surface area contributed by atoms with Gasteiger partial charge in [0.1, 0.15) is 0 Å². The van der Waals surface area contributed by atoms with Gasteiger partial charge in [0, 0.05) is 0 Å². The van der Waals surface area contributed by atoms with Gasteiger partial charge in [-0.2, -0.15) is 0 Å². The van der Waals surface area contributed by atoms with Gasteiger partial charge in [-0.15, -0.1) is 0 Å². The van der Waals surface area contributed by atoms with Gasteiger partial charge in [-0.25, -0.2) is 13.2 Å². The maximum atomic E-state index is 12.0. The minimum absolute atomic E-state index is 0.0409. The van der Waals surface area contributed by atoms with Gasteiger partial charge in [0.05, 0.1) is 11.3 Å². The predicted octanol–water partition coefficient (Wildman–Crippen LogP) is 1.16. The fraction of sp³-hybridized carbons (Fsp3) is 0.333. The quantitative estimate of drug-likeness (QED) is 0.840. The molecule has 1 rings (SSSR count). The molecule has 0 bridgehead atoms. The molecule has 0 saturated heterocycles. The van der Waals surface area contributed by atoms with Crippen molar-refractivity contribution >= 4 is 21.8 Å². The molecule has 104 valence electrons. The highest BCUT2D eigenvalue weighted by Gasteiger charge is 2.41. The molecule has 19 heavy (non-hydrogen) atoms. The van der Waals surface area contributed by atoms with Crippen LogP contribution in [-0.4, -0.2) is 35.3 Å². The molecule has 1 aromatic rings. The third-order valence-electron chi connectivity index (χ3n) is 2.82. The summed E-state index contributed by atoms with van der Waals surface area (Å²) in [5, 5.41) is 17.7. The molecule has 0 radical (unpaired) electrons. The van der Waals surface area contributed by atoms with Crippen molar-refractivity contribution in [3.8, 4) is 0 Å². The second-order valence-electron chi connectivity index (χ2n) is 4.58. The molecule has 0 aliphatic rings. The summed E-state index contributed by atoms with van der Waals surface area (Å²) in [4.78, 5) is 21.7. The first-order valence-corrected chi connectivity index (χ1v) is 7.01. The van der Waals surface area contributed by atoms with Crippen molar-refractivity contribution in [3.05, 3.63) is 35.4 Å². The van der Waals surface area contributed by atoms with Gasteiger partial charge >= 0.3 is 11.9 Å². The summed E-state index contributed by atoms with van der Waals surface area (Å²) in [5.74, 6) is -3.13. The highest BCUT2D eigenvalue weighted by molar-refractivity contribution is 7.92. The number of aliphatic carboxylic acids is 1. The third-order valence-corrected chi connectivity index (χ3v) is 5.27. The third kappa shape index (κ3) is 3.11. The highest BCUT2D eigenvalue weighted by Crippen LogP contribution is 2.22. The Hall–Kier alpha value is -1.89. The number of rotatable bonds is 5. The molecule has 2 N–H and O–H groups in total. The number of carboxylic acid groups (broad SMARTS) is 2. The van der Waals surface area contributed by atoms with Crippen molar-refractivity contribution in [2.24, 2.45) is 0 Å². The fourth-order valence-corrected chi connectivity index (χ4v) is 2.57. The molecule has 0 unspecified atom stereocenters. The summed E-state index contributed by atoms with van der Waals surface area (Å²) in [5.41, 5.74) is 0.204. The molecule has 1 aromatic carbocycles. The van der Waals surface area contributed by atoms with Crippen LogP contribution in [0.25, 0.3) is 0 Å². The number of hydrogen-bond donors (Lipinski definition) is 2. The lowest BCUT2D eigenvalue weighted by atomic mass is 10.1. The molecule has 0 aliphatic carbocycles. The van der Waals surface area contributed by atoms with E-state index in [4.69, 9.17) is 10.2 Å². The van der Waals surface area contributed by atoms with Crippen LogP contribution in [-0.2, 0) is 20.4 Å². The smallest absolute Gasteiger partial charge is 0.335 e. The van der Waals surface area contributed by atoms with Crippen LogP contribution in [0, 0.1) is 0 Å². The summed E-state index contributed by atoms with van der Waals surface area (Å²) < 4.78 is 22.1. The molecule has 0 amide bonds. The fourth-order valence-electron chi connectivity index (χ4n) is 1.33. The van der Waals surface area contributed by atoms with Crippen molar-refractivity contribution in [2.45, 2.75) is 24.3 Å². The van der Waals surface area contributed by atoms with Crippen LogP contribution in [0.1, 0.15) is 29.8 Å². The van der Waals surface area contributed by atoms with E-state index in [0.29, 0.717) is 0 Å². The van der Waals surface area contributed by atoms with Crippen molar-refractivity contribution in [2.75, 3.05) is 0 Å². The van der Waals surface area contributed by atoms with Gasteiger partial charge < -0.3 is 10.2 Å². The molecule has 6 nitrogen and oxygen atoms in total. The van der Waals surface area contributed by atoms with Crippen LogP contribution in [0.15, 0.2) is 24.3 Å². The van der Waals surface area contributed by atoms with Crippen molar-refractivity contribution in [3.63, 3.8) is 0 Å². The standard InChI is InChI=1S/C12H14O6S/c1-12(2,11(15)16)19(17,18)7-8-4-3-5-9(6-8)10(13)14/h3-6H,7H2,1-2H3,(H,13,14)(H,15,16). The topological polar surface area (TPSA) is 109 Å². The number of sulfone groups is 1. The Morgan fingerprint density at radius 2 is 1.79 bits per heavy atom. The van der Waals surface area contributed by atoms with Gasteiger partial charge in [-0.3, -0.25) is 4.79 Å². The lowest BCUT2D eigenvalue weighted by Crippen LogP contribution is -2.41. The summed E-state index contributed by atoms with van der Waals surface area (Å²) >= 11 is 0. The van der Waals surface area contributed by atoms with Gasteiger partial charge in [0.25, 0.3) is 0 Å². The Labute approximate surface area is 110 Å². The van der Waals surface area contributed by atoms with Crippen LogP contribution in [0.3, 0.4) is 0 Å². The predicted molar refractivity (Wildman–Crippen MR) is 67.7 cm³/mol. The summed E-state index contributed by atoms with van der Waals surface area (Å²) in [6, 6.07) is 5.42. The van der Waals surface area contributed by atoms with Gasteiger partial charge in [-0.1, -0.05) is 12.1 Å². The Bertz CT molecular complexity index is 615. The monoisotopic (exact) mass is 286 g/mol. The van der Waals surface area contributed by atoms with E-state index in [1.54, 1.807) is 0 Å². The average molecular weight is 286 g/mol. The molecule has 0 saturated carbocycles. The maximum absolute atomic E-state index is 12.0. The zero-order valence-corrected chi connectivity index (χ0v) is 11.3. The van der Waals surface area contributed by atoms with E-state index < -0.39 is 32.3 Å². The summed E-state index contributed by atoms with van der Waals surface area (Å²) in [6.45, 7) is 2.21. The molecular formula is C12H14O6S. The van der Waals surface area contributed by atoms with Gasteiger partial charge in [-0.05, 0) is 31.5 Å². The lowest BCUT2D eigenvalue weighted by molar-refractivity contribution is -0.139. The number of hydrogen-bond acceptors (Lipinski definition) is 4.